The fraction of sp³-hybridized carbons (Fsp3) is 0.900. The van der Waals surface area contributed by atoms with Crippen molar-refractivity contribution in [3.63, 3.8) is 0 Å². The standard InChI is InChI=1S/C10H18N2O/c1-7-3-8(2)12(6-7)10(13)9-4-11-5-9/h7-9,11H,3-6H2,1-2H3. The number of rotatable bonds is 1. The molecule has 2 atom stereocenters. The highest BCUT2D eigenvalue weighted by Crippen LogP contribution is 2.24. The van der Waals surface area contributed by atoms with Gasteiger partial charge in [-0.2, -0.15) is 0 Å². The van der Waals surface area contributed by atoms with E-state index in [1.807, 2.05) is 0 Å². The molecule has 2 aliphatic rings. The summed E-state index contributed by atoms with van der Waals surface area (Å²) in [6.45, 7) is 7.12. The van der Waals surface area contributed by atoms with Crippen molar-refractivity contribution in [3.8, 4) is 0 Å². The van der Waals surface area contributed by atoms with Crippen LogP contribution in [0.1, 0.15) is 20.3 Å². The molecule has 2 aliphatic heterocycles. The van der Waals surface area contributed by atoms with Gasteiger partial charge in [-0.15, -0.1) is 0 Å². The Balaban J connectivity index is 1.95. The van der Waals surface area contributed by atoms with Crippen molar-refractivity contribution in [1.29, 1.82) is 0 Å². The van der Waals surface area contributed by atoms with E-state index in [1.54, 1.807) is 0 Å². The quantitative estimate of drug-likeness (QED) is 0.639. The molecule has 13 heavy (non-hydrogen) atoms. The predicted octanol–water partition coefficient (Wildman–Crippen LogP) is 0.463. The van der Waals surface area contributed by atoms with Crippen molar-refractivity contribution in [2.24, 2.45) is 11.8 Å². The third kappa shape index (κ3) is 1.57. The molecular weight excluding hydrogens is 164 g/mol. The molecule has 0 aromatic carbocycles. The van der Waals surface area contributed by atoms with Crippen LogP contribution in [0.2, 0.25) is 0 Å². The Kier molecular flexibility index (Phi) is 2.28. The number of likely N-dealkylation sites (tertiary alicyclic amines) is 1. The van der Waals surface area contributed by atoms with Gasteiger partial charge in [0, 0.05) is 25.7 Å². The summed E-state index contributed by atoms with van der Waals surface area (Å²) in [6, 6.07) is 0.461. The minimum absolute atomic E-state index is 0.271. The van der Waals surface area contributed by atoms with Crippen molar-refractivity contribution in [1.82, 2.24) is 10.2 Å². The highest BCUT2D eigenvalue weighted by atomic mass is 16.2. The number of amides is 1. The predicted molar refractivity (Wildman–Crippen MR) is 51.3 cm³/mol. The van der Waals surface area contributed by atoms with Crippen LogP contribution in [0.15, 0.2) is 0 Å². The maximum absolute atomic E-state index is 11.9. The molecule has 3 nitrogen and oxygen atoms in total. The van der Waals surface area contributed by atoms with E-state index >= 15 is 0 Å². The lowest BCUT2D eigenvalue weighted by atomic mass is 10.0. The number of nitrogens with zero attached hydrogens (tertiary/aromatic N) is 1. The van der Waals surface area contributed by atoms with Crippen LogP contribution in [-0.2, 0) is 4.79 Å². The zero-order valence-electron chi connectivity index (χ0n) is 8.42. The third-order valence-electron chi connectivity index (χ3n) is 3.20. The fourth-order valence-electron chi connectivity index (χ4n) is 2.30. The number of carbonyl (C=O) groups excluding carboxylic acids is 1. The van der Waals surface area contributed by atoms with Gasteiger partial charge in [-0.3, -0.25) is 4.79 Å². The van der Waals surface area contributed by atoms with Crippen molar-refractivity contribution in [3.05, 3.63) is 0 Å². The van der Waals surface area contributed by atoms with E-state index in [1.165, 1.54) is 6.42 Å². The van der Waals surface area contributed by atoms with Crippen LogP contribution >= 0.6 is 0 Å². The van der Waals surface area contributed by atoms with E-state index in [0.29, 0.717) is 17.9 Å². The lowest BCUT2D eigenvalue weighted by molar-refractivity contribution is -0.137. The molecule has 0 aliphatic carbocycles. The Morgan fingerprint density at radius 3 is 2.46 bits per heavy atom. The molecule has 0 saturated carbocycles. The molecule has 3 heteroatoms. The van der Waals surface area contributed by atoms with Gasteiger partial charge in [-0.1, -0.05) is 6.92 Å². The zero-order valence-corrected chi connectivity index (χ0v) is 8.42. The van der Waals surface area contributed by atoms with Crippen LogP contribution in [0.5, 0.6) is 0 Å². The van der Waals surface area contributed by atoms with Crippen LogP contribution in [0.3, 0.4) is 0 Å². The van der Waals surface area contributed by atoms with Crippen LogP contribution < -0.4 is 5.32 Å². The first-order chi connectivity index (χ1) is 6.18. The summed E-state index contributed by atoms with van der Waals surface area (Å²) in [5.41, 5.74) is 0. The smallest absolute Gasteiger partial charge is 0.228 e. The molecule has 2 unspecified atom stereocenters. The Bertz CT molecular complexity index is 213. The Labute approximate surface area is 79.5 Å². The third-order valence-corrected chi connectivity index (χ3v) is 3.20. The average molecular weight is 182 g/mol. The summed E-state index contributed by atoms with van der Waals surface area (Å²) in [5, 5.41) is 3.14. The van der Waals surface area contributed by atoms with Crippen LogP contribution in [0.4, 0.5) is 0 Å². The maximum Gasteiger partial charge on any atom is 0.228 e. The largest absolute Gasteiger partial charge is 0.339 e. The number of hydrogen-bond acceptors (Lipinski definition) is 2. The lowest BCUT2D eigenvalue weighted by Gasteiger charge is -2.32. The average Bonchev–Trinajstić information content (AvgIpc) is 2.26. The Morgan fingerprint density at radius 1 is 1.38 bits per heavy atom. The van der Waals surface area contributed by atoms with Gasteiger partial charge >= 0.3 is 0 Å². The molecule has 2 heterocycles. The van der Waals surface area contributed by atoms with Crippen LogP contribution in [0, 0.1) is 11.8 Å². The summed E-state index contributed by atoms with van der Waals surface area (Å²) < 4.78 is 0. The molecule has 2 saturated heterocycles. The van der Waals surface area contributed by atoms with Crippen molar-refractivity contribution in [2.75, 3.05) is 19.6 Å². The highest BCUT2D eigenvalue weighted by Gasteiger charge is 2.35. The Morgan fingerprint density at radius 2 is 2.08 bits per heavy atom. The topological polar surface area (TPSA) is 32.3 Å². The van der Waals surface area contributed by atoms with Gasteiger partial charge in [0.05, 0.1) is 5.92 Å². The molecule has 0 bridgehead atoms. The van der Waals surface area contributed by atoms with E-state index in [9.17, 15) is 4.79 Å². The van der Waals surface area contributed by atoms with Crippen molar-refractivity contribution < 1.29 is 4.79 Å². The van der Waals surface area contributed by atoms with E-state index in [2.05, 4.69) is 24.1 Å². The van der Waals surface area contributed by atoms with Gasteiger partial charge in [0.1, 0.15) is 0 Å². The van der Waals surface area contributed by atoms with Gasteiger partial charge in [-0.25, -0.2) is 0 Å². The first-order valence-corrected chi connectivity index (χ1v) is 5.19. The number of hydrogen-bond donors (Lipinski definition) is 1. The van der Waals surface area contributed by atoms with Gasteiger partial charge < -0.3 is 10.2 Å². The molecule has 0 radical (unpaired) electrons. The summed E-state index contributed by atoms with van der Waals surface area (Å²) in [6.07, 6.45) is 1.17. The minimum Gasteiger partial charge on any atom is -0.339 e. The zero-order chi connectivity index (χ0) is 9.42. The first kappa shape index (κ1) is 9.00. The molecule has 74 valence electrons. The van der Waals surface area contributed by atoms with E-state index in [0.717, 1.165) is 19.6 Å². The minimum atomic E-state index is 0.271. The van der Waals surface area contributed by atoms with Gasteiger partial charge in [0.2, 0.25) is 5.91 Å². The summed E-state index contributed by atoms with van der Waals surface area (Å²) in [4.78, 5) is 13.9. The Hall–Kier alpha value is -0.570. The van der Waals surface area contributed by atoms with Crippen LogP contribution in [-0.4, -0.2) is 36.5 Å². The molecule has 0 spiro atoms. The molecule has 1 N–H and O–H groups in total. The molecule has 2 fully saturated rings. The summed E-state index contributed by atoms with van der Waals surface area (Å²) >= 11 is 0. The second-order valence-corrected chi connectivity index (χ2v) is 4.54. The van der Waals surface area contributed by atoms with Gasteiger partial charge in [0.15, 0.2) is 0 Å². The summed E-state index contributed by atoms with van der Waals surface area (Å²) in [7, 11) is 0. The van der Waals surface area contributed by atoms with Crippen LogP contribution in [0.25, 0.3) is 0 Å². The molecule has 2 rings (SSSR count). The molecule has 0 aromatic heterocycles. The van der Waals surface area contributed by atoms with Crippen molar-refractivity contribution >= 4 is 5.91 Å². The monoisotopic (exact) mass is 182 g/mol. The second kappa shape index (κ2) is 3.29. The molecule has 0 aromatic rings. The first-order valence-electron chi connectivity index (χ1n) is 5.19. The molecular formula is C10H18N2O. The fourth-order valence-corrected chi connectivity index (χ4v) is 2.30. The second-order valence-electron chi connectivity index (χ2n) is 4.54. The lowest BCUT2D eigenvalue weighted by Crippen LogP contribution is -2.52. The van der Waals surface area contributed by atoms with E-state index in [4.69, 9.17) is 0 Å². The number of nitrogens with one attached hydrogen (secondary N) is 1. The number of carbonyl (C=O) groups is 1. The highest BCUT2D eigenvalue weighted by molar-refractivity contribution is 5.80. The van der Waals surface area contributed by atoms with Gasteiger partial charge in [0.25, 0.3) is 0 Å². The maximum atomic E-state index is 11.9. The summed E-state index contributed by atoms with van der Waals surface area (Å²) in [5.74, 6) is 1.33. The van der Waals surface area contributed by atoms with Gasteiger partial charge in [-0.05, 0) is 19.3 Å². The normalized spacial score (nSPS) is 34.8. The van der Waals surface area contributed by atoms with E-state index in [-0.39, 0.29) is 5.92 Å². The van der Waals surface area contributed by atoms with E-state index < -0.39 is 0 Å². The van der Waals surface area contributed by atoms with Crippen molar-refractivity contribution in [2.45, 2.75) is 26.3 Å². The SMILES string of the molecule is CC1CC(C)N(C(=O)C2CNC2)C1. The molecule has 1 amide bonds.